The predicted molar refractivity (Wildman–Crippen MR) is 120 cm³/mol. The molecule has 2 aliphatic heterocycles. The van der Waals surface area contributed by atoms with Gasteiger partial charge >= 0.3 is 0 Å². The molecule has 0 N–H and O–H groups in total. The quantitative estimate of drug-likeness (QED) is 0.683. The van der Waals surface area contributed by atoms with Crippen LogP contribution in [0.2, 0.25) is 0 Å². The lowest BCUT2D eigenvalue weighted by Crippen LogP contribution is -2.40. The third-order valence-electron chi connectivity index (χ3n) is 7.49. The fourth-order valence-electron chi connectivity index (χ4n) is 5.51. The van der Waals surface area contributed by atoms with Gasteiger partial charge in [-0.2, -0.15) is 0 Å². The number of likely N-dealkylation sites (tertiary alicyclic amines) is 2. The minimum absolute atomic E-state index is 0.138. The molecule has 6 nitrogen and oxygen atoms in total. The van der Waals surface area contributed by atoms with E-state index in [1.807, 2.05) is 18.5 Å². The maximum atomic E-state index is 13.8. The van der Waals surface area contributed by atoms with Crippen LogP contribution in [0.3, 0.4) is 0 Å². The molecule has 0 bridgehead atoms. The summed E-state index contributed by atoms with van der Waals surface area (Å²) in [5.74, 6) is 2.13. The number of para-hydroxylation sites is 1. The maximum absolute atomic E-state index is 13.8. The third-order valence-corrected chi connectivity index (χ3v) is 7.49. The molecule has 0 unspecified atom stereocenters. The molecule has 3 heterocycles. The predicted octanol–water partition coefficient (Wildman–Crippen LogP) is 3.70. The second-order valence-corrected chi connectivity index (χ2v) is 9.97. The average molecular weight is 423 g/mol. The number of imidazole rings is 1. The van der Waals surface area contributed by atoms with E-state index in [9.17, 15) is 4.79 Å². The number of methoxy groups -OCH3 is 1. The normalized spacial score (nSPS) is 26.5. The molecule has 1 amide bonds. The summed E-state index contributed by atoms with van der Waals surface area (Å²) in [7, 11) is 1.72. The fraction of sp³-hybridized carbons (Fsp3) is 0.600. The first-order valence-corrected chi connectivity index (χ1v) is 11.7. The van der Waals surface area contributed by atoms with Crippen molar-refractivity contribution < 1.29 is 9.53 Å². The van der Waals surface area contributed by atoms with Crippen LogP contribution >= 0.6 is 0 Å². The third kappa shape index (κ3) is 3.75. The van der Waals surface area contributed by atoms with Gasteiger partial charge in [-0.25, -0.2) is 4.98 Å². The zero-order chi connectivity index (χ0) is 21.6. The van der Waals surface area contributed by atoms with Crippen LogP contribution in [0.15, 0.2) is 36.8 Å². The largest absolute Gasteiger partial charge is 0.496 e. The number of amides is 1. The van der Waals surface area contributed by atoms with Crippen molar-refractivity contribution in [3.63, 3.8) is 0 Å². The Labute approximate surface area is 185 Å². The van der Waals surface area contributed by atoms with Crippen LogP contribution in [0.1, 0.15) is 56.3 Å². The molecule has 1 saturated carbocycles. The molecular weight excluding hydrogens is 388 g/mol. The zero-order valence-corrected chi connectivity index (χ0v) is 19.0. The highest BCUT2D eigenvalue weighted by Gasteiger charge is 2.58. The van der Waals surface area contributed by atoms with Gasteiger partial charge in [0.05, 0.1) is 24.5 Å². The van der Waals surface area contributed by atoms with E-state index < -0.39 is 0 Å². The van der Waals surface area contributed by atoms with E-state index in [-0.39, 0.29) is 11.3 Å². The SMILES string of the molecule is COc1ccccc1CN1C[C@H](c2cn(C(C)C)cn2)[C@]2(CCN(CC3CC3)C2=O)C1. The number of ether oxygens (including phenoxy) is 1. The van der Waals surface area contributed by atoms with Gasteiger partial charge in [-0.1, -0.05) is 18.2 Å². The molecular formula is C25H34N4O2. The highest BCUT2D eigenvalue weighted by atomic mass is 16.5. The van der Waals surface area contributed by atoms with Crippen molar-refractivity contribution in [1.29, 1.82) is 0 Å². The number of hydrogen-bond donors (Lipinski definition) is 0. The van der Waals surface area contributed by atoms with Crippen LogP contribution in [0, 0.1) is 11.3 Å². The number of aromatic nitrogens is 2. The lowest BCUT2D eigenvalue weighted by molar-refractivity contribution is -0.136. The number of nitrogens with zero attached hydrogens (tertiary/aromatic N) is 4. The van der Waals surface area contributed by atoms with Crippen molar-refractivity contribution in [2.75, 3.05) is 33.3 Å². The van der Waals surface area contributed by atoms with Crippen LogP contribution in [-0.4, -0.2) is 58.5 Å². The molecule has 0 radical (unpaired) electrons. The molecule has 2 aromatic rings. The Kier molecular flexibility index (Phi) is 5.29. The Morgan fingerprint density at radius 2 is 2.06 bits per heavy atom. The Bertz CT molecular complexity index is 951. The van der Waals surface area contributed by atoms with Crippen molar-refractivity contribution in [1.82, 2.24) is 19.4 Å². The first kappa shape index (κ1) is 20.6. The summed E-state index contributed by atoms with van der Waals surface area (Å²) in [5, 5.41) is 0. The van der Waals surface area contributed by atoms with Crippen LogP contribution < -0.4 is 4.74 Å². The van der Waals surface area contributed by atoms with Gasteiger partial charge in [-0.05, 0) is 45.1 Å². The second-order valence-electron chi connectivity index (χ2n) is 9.97. The van der Waals surface area contributed by atoms with E-state index in [1.54, 1.807) is 7.11 Å². The molecule has 166 valence electrons. The summed E-state index contributed by atoms with van der Waals surface area (Å²) in [4.78, 5) is 23.2. The highest BCUT2D eigenvalue weighted by Crippen LogP contribution is 2.50. The van der Waals surface area contributed by atoms with Crippen molar-refractivity contribution in [2.24, 2.45) is 11.3 Å². The summed E-state index contributed by atoms with van der Waals surface area (Å²) in [6, 6.07) is 8.58. The number of hydrogen-bond acceptors (Lipinski definition) is 4. The smallest absolute Gasteiger partial charge is 0.230 e. The van der Waals surface area contributed by atoms with E-state index in [2.05, 4.69) is 46.5 Å². The molecule has 1 aromatic carbocycles. The highest BCUT2D eigenvalue weighted by molar-refractivity contribution is 5.87. The van der Waals surface area contributed by atoms with Gasteiger partial charge in [0, 0.05) is 56.4 Å². The Morgan fingerprint density at radius 1 is 1.26 bits per heavy atom. The number of carbonyl (C=O) groups is 1. The van der Waals surface area contributed by atoms with Gasteiger partial charge in [0.2, 0.25) is 5.91 Å². The standard InChI is InChI=1S/C25H34N4O2/c1-18(2)29-15-22(26-17-29)21-14-27(13-20-6-4-5-7-23(20)31-3)16-25(21)10-11-28(24(25)30)12-19-8-9-19/h4-7,15,17-19,21H,8-14,16H2,1-3H3/t21-,25+/m1/s1. The summed E-state index contributed by atoms with van der Waals surface area (Å²) < 4.78 is 7.75. The summed E-state index contributed by atoms with van der Waals surface area (Å²) in [6.07, 6.45) is 7.58. The molecule has 1 aliphatic carbocycles. The minimum atomic E-state index is -0.354. The maximum Gasteiger partial charge on any atom is 0.230 e. The zero-order valence-electron chi connectivity index (χ0n) is 19.0. The summed E-state index contributed by atoms with van der Waals surface area (Å²) in [5.41, 5.74) is 1.89. The lowest BCUT2D eigenvalue weighted by atomic mass is 9.75. The molecule has 1 spiro atoms. The Morgan fingerprint density at radius 3 is 2.77 bits per heavy atom. The van der Waals surface area contributed by atoms with E-state index in [0.717, 1.165) is 56.5 Å². The van der Waals surface area contributed by atoms with Crippen LogP contribution in [0.4, 0.5) is 0 Å². The first-order chi connectivity index (χ1) is 15.0. The van der Waals surface area contributed by atoms with E-state index in [1.165, 1.54) is 18.4 Å². The summed E-state index contributed by atoms with van der Waals surface area (Å²) in [6.45, 7) is 8.62. The second kappa shape index (κ2) is 7.97. The van der Waals surface area contributed by atoms with Crippen molar-refractivity contribution >= 4 is 5.91 Å². The number of benzene rings is 1. The topological polar surface area (TPSA) is 50.6 Å². The average Bonchev–Trinajstić information content (AvgIpc) is 3.18. The molecule has 2 atom stereocenters. The monoisotopic (exact) mass is 422 g/mol. The van der Waals surface area contributed by atoms with Gasteiger partial charge in [-0.3, -0.25) is 9.69 Å². The molecule has 3 aliphatic rings. The molecule has 3 fully saturated rings. The molecule has 5 rings (SSSR count). The van der Waals surface area contributed by atoms with E-state index >= 15 is 0 Å². The lowest BCUT2D eigenvalue weighted by Gasteiger charge is -2.28. The van der Waals surface area contributed by atoms with Gasteiger partial charge in [0.15, 0.2) is 0 Å². The van der Waals surface area contributed by atoms with Crippen LogP contribution in [0.25, 0.3) is 0 Å². The fourth-order valence-corrected chi connectivity index (χ4v) is 5.51. The van der Waals surface area contributed by atoms with Gasteiger partial charge in [0.1, 0.15) is 5.75 Å². The Hall–Kier alpha value is -2.34. The Balaban J connectivity index is 1.44. The molecule has 31 heavy (non-hydrogen) atoms. The first-order valence-electron chi connectivity index (χ1n) is 11.7. The van der Waals surface area contributed by atoms with Gasteiger partial charge in [-0.15, -0.1) is 0 Å². The van der Waals surface area contributed by atoms with Gasteiger partial charge < -0.3 is 14.2 Å². The summed E-state index contributed by atoms with van der Waals surface area (Å²) >= 11 is 0. The van der Waals surface area contributed by atoms with Crippen molar-refractivity contribution in [3.05, 3.63) is 48.0 Å². The number of rotatable bonds is 7. The molecule has 1 aromatic heterocycles. The van der Waals surface area contributed by atoms with Crippen molar-refractivity contribution in [3.8, 4) is 5.75 Å². The molecule has 2 saturated heterocycles. The molecule has 6 heteroatoms. The minimum Gasteiger partial charge on any atom is -0.496 e. The number of carbonyl (C=O) groups excluding carboxylic acids is 1. The van der Waals surface area contributed by atoms with E-state index in [0.29, 0.717) is 11.9 Å². The van der Waals surface area contributed by atoms with Crippen LogP contribution in [0.5, 0.6) is 5.75 Å². The van der Waals surface area contributed by atoms with Crippen molar-refractivity contribution in [2.45, 2.75) is 51.6 Å². The van der Waals surface area contributed by atoms with E-state index in [4.69, 9.17) is 9.72 Å². The van der Waals surface area contributed by atoms with Gasteiger partial charge in [0.25, 0.3) is 0 Å². The van der Waals surface area contributed by atoms with Crippen LogP contribution in [-0.2, 0) is 11.3 Å².